The van der Waals surface area contributed by atoms with Crippen molar-refractivity contribution in [1.29, 1.82) is 5.41 Å². The Kier molecular flexibility index (Phi) is 8.34. The average molecular weight is 504 g/mol. The van der Waals surface area contributed by atoms with Crippen molar-refractivity contribution >= 4 is 29.4 Å². The summed E-state index contributed by atoms with van der Waals surface area (Å²) in [6.07, 6.45) is 3.33. The van der Waals surface area contributed by atoms with E-state index in [1.54, 1.807) is 0 Å². The molecule has 2 aromatic carbocycles. The summed E-state index contributed by atoms with van der Waals surface area (Å²) in [5, 5.41) is 7.44. The first-order valence-corrected chi connectivity index (χ1v) is 11.2. The van der Waals surface area contributed by atoms with E-state index >= 15 is 0 Å². The summed E-state index contributed by atoms with van der Waals surface area (Å²) >= 11 is 6.46. The summed E-state index contributed by atoms with van der Waals surface area (Å²) in [4.78, 5) is 18.8. The SMILES string of the molecule is CN=C(C1=C(N)CN(C(=O)c2cc(F)cc(CC/C(C=N)=C/N)c2Cl)CC1)c1cc(F)cc(F)c1. The normalized spacial score (nSPS) is 14.9. The van der Waals surface area contributed by atoms with Crippen LogP contribution in [0, 0.1) is 22.9 Å². The zero-order valence-electron chi connectivity index (χ0n) is 19.0. The lowest BCUT2D eigenvalue weighted by Gasteiger charge is -2.30. The van der Waals surface area contributed by atoms with Crippen molar-refractivity contribution in [2.45, 2.75) is 19.3 Å². The van der Waals surface area contributed by atoms with E-state index in [-0.39, 0.29) is 35.7 Å². The number of aliphatic imine (C=N–C) groups is 1. The van der Waals surface area contributed by atoms with Gasteiger partial charge in [0.15, 0.2) is 0 Å². The number of nitrogens with two attached hydrogens (primary N) is 2. The van der Waals surface area contributed by atoms with Crippen LogP contribution in [0.1, 0.15) is 34.3 Å². The van der Waals surface area contributed by atoms with Crippen LogP contribution in [0.4, 0.5) is 13.2 Å². The molecule has 0 atom stereocenters. The second-order valence-corrected chi connectivity index (χ2v) is 8.40. The number of carbonyl (C=O) groups excluding carboxylic acids is 1. The number of hydrogen-bond acceptors (Lipinski definition) is 5. The minimum Gasteiger partial charge on any atom is -0.404 e. The van der Waals surface area contributed by atoms with Crippen LogP contribution in [0.25, 0.3) is 0 Å². The van der Waals surface area contributed by atoms with Gasteiger partial charge in [-0.25, -0.2) is 13.2 Å². The van der Waals surface area contributed by atoms with Gasteiger partial charge in [0.2, 0.25) is 0 Å². The van der Waals surface area contributed by atoms with E-state index < -0.39 is 23.4 Å². The molecule has 0 spiro atoms. The number of nitrogens with one attached hydrogen (secondary N) is 1. The zero-order valence-corrected chi connectivity index (χ0v) is 19.8. The lowest BCUT2D eigenvalue weighted by molar-refractivity contribution is 0.0763. The van der Waals surface area contributed by atoms with Gasteiger partial charge in [-0.15, -0.1) is 0 Å². The quantitative estimate of drug-likeness (QED) is 0.488. The highest BCUT2D eigenvalue weighted by Gasteiger charge is 2.27. The van der Waals surface area contributed by atoms with Gasteiger partial charge in [-0.2, -0.15) is 0 Å². The largest absolute Gasteiger partial charge is 0.404 e. The van der Waals surface area contributed by atoms with Gasteiger partial charge in [0.1, 0.15) is 17.5 Å². The first kappa shape index (κ1) is 26.0. The van der Waals surface area contributed by atoms with Crippen molar-refractivity contribution in [3.05, 3.63) is 92.5 Å². The third-order valence-corrected chi connectivity index (χ3v) is 6.19. The molecule has 0 unspecified atom stereocenters. The molecule has 0 aliphatic carbocycles. The van der Waals surface area contributed by atoms with Crippen LogP contribution in [0.5, 0.6) is 0 Å². The molecule has 35 heavy (non-hydrogen) atoms. The Labute approximate surface area is 206 Å². The molecule has 1 amide bonds. The first-order valence-electron chi connectivity index (χ1n) is 10.8. The van der Waals surface area contributed by atoms with Gasteiger partial charge >= 0.3 is 0 Å². The predicted molar refractivity (Wildman–Crippen MR) is 131 cm³/mol. The Bertz CT molecular complexity index is 1240. The molecule has 0 saturated carbocycles. The van der Waals surface area contributed by atoms with Crippen LogP contribution < -0.4 is 11.5 Å². The molecule has 0 bridgehead atoms. The summed E-state index contributed by atoms with van der Waals surface area (Å²) in [5.41, 5.74) is 14.2. The number of benzene rings is 2. The third kappa shape index (κ3) is 5.92. The average Bonchev–Trinajstić information content (AvgIpc) is 2.82. The van der Waals surface area contributed by atoms with Crippen LogP contribution in [0.15, 0.2) is 58.4 Å². The fourth-order valence-electron chi connectivity index (χ4n) is 4.00. The smallest absolute Gasteiger partial charge is 0.255 e. The van der Waals surface area contributed by atoms with Crippen molar-refractivity contribution in [2.75, 3.05) is 20.1 Å². The molecule has 1 aliphatic rings. The number of halogens is 4. The second kappa shape index (κ2) is 11.2. The maximum atomic E-state index is 14.3. The third-order valence-electron chi connectivity index (χ3n) is 5.74. The summed E-state index contributed by atoms with van der Waals surface area (Å²) in [5.74, 6) is -2.58. The Morgan fingerprint density at radius 3 is 2.40 bits per heavy atom. The number of allylic oxidation sites excluding steroid dienone is 1. The second-order valence-electron chi connectivity index (χ2n) is 8.02. The van der Waals surface area contributed by atoms with Crippen LogP contribution in [-0.2, 0) is 6.42 Å². The molecule has 0 saturated heterocycles. The van der Waals surface area contributed by atoms with Gasteiger partial charge in [0.05, 0.1) is 22.8 Å². The van der Waals surface area contributed by atoms with Crippen molar-refractivity contribution in [2.24, 2.45) is 16.5 Å². The molecule has 0 fully saturated rings. The number of rotatable bonds is 7. The number of aryl methyl sites for hydroxylation is 1. The molecule has 2 aromatic rings. The Balaban J connectivity index is 1.85. The minimum atomic E-state index is -0.737. The van der Waals surface area contributed by atoms with Gasteiger partial charge in [0.25, 0.3) is 5.91 Å². The number of nitrogens with zero attached hydrogens (tertiary/aromatic N) is 2. The molecule has 1 heterocycles. The first-order chi connectivity index (χ1) is 16.7. The highest BCUT2D eigenvalue weighted by molar-refractivity contribution is 6.34. The van der Waals surface area contributed by atoms with Crippen LogP contribution >= 0.6 is 11.6 Å². The van der Waals surface area contributed by atoms with E-state index in [4.69, 9.17) is 28.5 Å². The molecule has 184 valence electrons. The van der Waals surface area contributed by atoms with Gasteiger partial charge in [-0.1, -0.05) is 11.6 Å². The molecule has 6 nitrogen and oxygen atoms in total. The highest BCUT2D eigenvalue weighted by atomic mass is 35.5. The topological polar surface area (TPSA) is 109 Å². The highest BCUT2D eigenvalue weighted by Crippen LogP contribution is 2.28. The number of hydrogen-bond donors (Lipinski definition) is 3. The number of amides is 1. The van der Waals surface area contributed by atoms with E-state index in [2.05, 4.69) is 4.99 Å². The summed E-state index contributed by atoms with van der Waals surface area (Å²) in [6.45, 7) is 0.239. The molecule has 1 aliphatic heterocycles. The molecular formula is C25H25ClF3N5O. The van der Waals surface area contributed by atoms with Crippen LogP contribution in [0.2, 0.25) is 5.02 Å². The van der Waals surface area contributed by atoms with Crippen molar-refractivity contribution < 1.29 is 18.0 Å². The molecular weight excluding hydrogens is 479 g/mol. The maximum Gasteiger partial charge on any atom is 0.255 e. The predicted octanol–water partition coefficient (Wildman–Crippen LogP) is 4.36. The van der Waals surface area contributed by atoms with Crippen molar-refractivity contribution in [3.8, 4) is 0 Å². The van der Waals surface area contributed by atoms with E-state index in [1.165, 1.54) is 36.3 Å². The Morgan fingerprint density at radius 1 is 1.17 bits per heavy atom. The monoisotopic (exact) mass is 503 g/mol. The molecule has 10 heteroatoms. The van der Waals surface area contributed by atoms with E-state index in [0.29, 0.717) is 41.0 Å². The lowest BCUT2D eigenvalue weighted by Crippen LogP contribution is -2.40. The fourth-order valence-corrected chi connectivity index (χ4v) is 4.28. The standard InChI is InChI=1S/C25H25ClF3N5O/c1-33-24(16-7-17(27)9-18(28)8-16)20-4-5-34(13-22(20)32)25(35)21-10-19(29)6-15(23(21)26)3-2-14(11-30)12-31/h6-12,30H,2-5,13,31-32H2,1H3/b14-12-,30-11?,33-24?. The molecule has 0 aromatic heterocycles. The molecule has 5 N–H and O–H groups in total. The minimum absolute atomic E-state index is 0.00244. The number of carbonyl (C=O) groups is 1. The van der Waals surface area contributed by atoms with E-state index in [9.17, 15) is 18.0 Å². The molecule has 0 radical (unpaired) electrons. The maximum absolute atomic E-state index is 14.3. The van der Waals surface area contributed by atoms with Crippen molar-refractivity contribution in [1.82, 2.24) is 4.90 Å². The van der Waals surface area contributed by atoms with Gasteiger partial charge in [-0.05, 0) is 60.9 Å². The fraction of sp³-hybridized carbons (Fsp3) is 0.240. The summed E-state index contributed by atoms with van der Waals surface area (Å²) in [7, 11) is 1.49. The zero-order chi connectivity index (χ0) is 25.7. The molecule has 3 rings (SSSR count). The lowest BCUT2D eigenvalue weighted by atomic mass is 9.94. The Hall–Kier alpha value is -3.59. The van der Waals surface area contributed by atoms with Gasteiger partial charge < -0.3 is 21.8 Å². The summed E-state index contributed by atoms with van der Waals surface area (Å²) < 4.78 is 41.8. The van der Waals surface area contributed by atoms with Gasteiger partial charge in [0, 0.05) is 42.7 Å². The van der Waals surface area contributed by atoms with E-state index in [0.717, 1.165) is 18.3 Å². The summed E-state index contributed by atoms with van der Waals surface area (Å²) in [6, 6.07) is 5.43. The van der Waals surface area contributed by atoms with Crippen LogP contribution in [-0.4, -0.2) is 42.9 Å². The Morgan fingerprint density at radius 2 is 1.83 bits per heavy atom. The van der Waals surface area contributed by atoms with Crippen molar-refractivity contribution in [3.63, 3.8) is 0 Å². The van der Waals surface area contributed by atoms with Gasteiger partial charge in [-0.3, -0.25) is 9.79 Å². The van der Waals surface area contributed by atoms with Crippen LogP contribution in [0.3, 0.4) is 0 Å². The van der Waals surface area contributed by atoms with E-state index in [1.807, 2.05) is 0 Å².